The van der Waals surface area contributed by atoms with Gasteiger partial charge in [0.1, 0.15) is 11.9 Å². The van der Waals surface area contributed by atoms with Crippen molar-refractivity contribution in [2.24, 2.45) is 11.1 Å². The number of primary amides is 1. The lowest BCUT2D eigenvalue weighted by molar-refractivity contribution is -0.125. The predicted molar refractivity (Wildman–Crippen MR) is 202 cm³/mol. The summed E-state index contributed by atoms with van der Waals surface area (Å²) < 4.78 is 0. The second kappa shape index (κ2) is 14.3. The molecule has 1 unspecified atom stereocenters. The summed E-state index contributed by atoms with van der Waals surface area (Å²) in [5.74, 6) is -0.616. The van der Waals surface area contributed by atoms with Crippen molar-refractivity contribution < 1.29 is 19.2 Å². The summed E-state index contributed by atoms with van der Waals surface area (Å²) in [6.45, 7) is 10.3. The molecule has 1 aromatic heterocycles. The number of rotatable bonds is 8. The Morgan fingerprint density at radius 2 is 1.58 bits per heavy atom. The number of nitrogens with one attached hydrogen (secondary N) is 2. The van der Waals surface area contributed by atoms with E-state index in [1.54, 1.807) is 12.3 Å². The maximum absolute atomic E-state index is 13.4. The molecule has 4 N–H and O–H groups in total. The van der Waals surface area contributed by atoms with Gasteiger partial charge in [0, 0.05) is 49.8 Å². The van der Waals surface area contributed by atoms with Crippen molar-refractivity contribution in [1.82, 2.24) is 25.1 Å². The minimum Gasteiger partial charge on any atom is -0.371 e. The standard InChI is InChI=1S/C40H47N9O4/c1-26-5-12-32(37(51)43-26)49-38(52)30-11-6-27(23-31(30)39(49)53)25-46-19-13-40(14-20-46)15-21-47(22-16-40)29-9-7-28(8-10-29)44-36-34(35(41)50)42-24-33(45-36)48-17-3-2-4-18-48/h6-11,23-24,32H,1-5,12-22,25H2,(H2,41,50)(H,43,51)(H,44,45). The van der Waals surface area contributed by atoms with E-state index in [9.17, 15) is 19.2 Å². The van der Waals surface area contributed by atoms with Crippen molar-refractivity contribution in [1.29, 1.82) is 0 Å². The van der Waals surface area contributed by atoms with E-state index < -0.39 is 17.9 Å². The number of amides is 4. The number of fused-ring (bicyclic) bond motifs is 1. The first-order chi connectivity index (χ1) is 25.7. The Morgan fingerprint density at radius 3 is 2.28 bits per heavy atom. The minimum atomic E-state index is -0.802. The first kappa shape index (κ1) is 34.8. The van der Waals surface area contributed by atoms with Gasteiger partial charge in [-0.25, -0.2) is 9.97 Å². The van der Waals surface area contributed by atoms with Crippen LogP contribution in [0.4, 0.5) is 23.0 Å². The van der Waals surface area contributed by atoms with E-state index in [2.05, 4.69) is 49.0 Å². The van der Waals surface area contributed by atoms with Crippen LogP contribution in [0.15, 0.2) is 60.9 Å². The molecule has 13 heteroatoms. The van der Waals surface area contributed by atoms with E-state index in [0.717, 1.165) is 106 Å². The highest BCUT2D eigenvalue weighted by atomic mass is 16.2. The van der Waals surface area contributed by atoms with Gasteiger partial charge in [-0.15, -0.1) is 0 Å². The molecule has 1 spiro atoms. The smallest absolute Gasteiger partial charge is 0.271 e. The molecule has 2 aromatic carbocycles. The van der Waals surface area contributed by atoms with Crippen molar-refractivity contribution in [3.05, 3.63) is 83.3 Å². The maximum Gasteiger partial charge on any atom is 0.271 e. The molecular formula is C40H47N9O4. The van der Waals surface area contributed by atoms with Crippen LogP contribution in [0, 0.1) is 5.41 Å². The third-order valence-corrected chi connectivity index (χ3v) is 11.9. The number of nitrogens with two attached hydrogens (primary N) is 1. The highest BCUT2D eigenvalue weighted by molar-refractivity contribution is 6.23. The van der Waals surface area contributed by atoms with Gasteiger partial charge in [0.05, 0.1) is 17.3 Å². The summed E-state index contributed by atoms with van der Waals surface area (Å²) in [6, 6.07) is 13.0. The van der Waals surface area contributed by atoms with Crippen molar-refractivity contribution >= 4 is 46.6 Å². The first-order valence-electron chi connectivity index (χ1n) is 18.9. The Balaban J connectivity index is 0.841. The molecule has 0 radical (unpaired) electrons. The molecule has 8 rings (SSSR count). The number of aromatic nitrogens is 2. The van der Waals surface area contributed by atoms with Crippen LogP contribution in [0.1, 0.15) is 94.6 Å². The number of carbonyl (C=O) groups is 4. The Bertz CT molecular complexity index is 1940. The van der Waals surface area contributed by atoms with Crippen molar-refractivity contribution in [2.75, 3.05) is 54.4 Å². The number of carbonyl (C=O) groups excluding carboxylic acids is 4. The zero-order valence-electron chi connectivity index (χ0n) is 30.1. The van der Waals surface area contributed by atoms with Crippen molar-refractivity contribution in [3.8, 4) is 0 Å². The van der Waals surface area contributed by atoms with Gasteiger partial charge >= 0.3 is 0 Å². The van der Waals surface area contributed by atoms with Crippen LogP contribution >= 0.6 is 0 Å². The molecular weight excluding hydrogens is 670 g/mol. The largest absolute Gasteiger partial charge is 0.371 e. The van der Waals surface area contributed by atoms with Gasteiger partial charge in [0.25, 0.3) is 17.7 Å². The lowest BCUT2D eigenvalue weighted by atomic mass is 9.71. The zero-order chi connectivity index (χ0) is 36.7. The van der Waals surface area contributed by atoms with Gasteiger partial charge in [-0.2, -0.15) is 0 Å². The number of benzene rings is 2. The highest BCUT2D eigenvalue weighted by Crippen LogP contribution is 2.43. The number of hydrogen-bond acceptors (Lipinski definition) is 10. The highest BCUT2D eigenvalue weighted by Gasteiger charge is 2.44. The van der Waals surface area contributed by atoms with Crippen LogP contribution in [0.5, 0.6) is 0 Å². The predicted octanol–water partition coefficient (Wildman–Crippen LogP) is 4.58. The number of likely N-dealkylation sites (tertiary alicyclic amines) is 1. The molecule has 53 heavy (non-hydrogen) atoms. The summed E-state index contributed by atoms with van der Waals surface area (Å²) in [7, 11) is 0. The molecule has 4 saturated heterocycles. The van der Waals surface area contributed by atoms with Crippen LogP contribution in [0.2, 0.25) is 0 Å². The number of hydrogen-bond donors (Lipinski definition) is 3. The molecule has 1 atom stereocenters. The van der Waals surface area contributed by atoms with Crippen LogP contribution in [0.25, 0.3) is 0 Å². The number of anilines is 4. The number of imide groups is 1. The minimum absolute atomic E-state index is 0.131. The molecule has 3 aromatic rings. The lowest BCUT2D eigenvalue weighted by Gasteiger charge is -2.47. The summed E-state index contributed by atoms with van der Waals surface area (Å²) in [6.07, 6.45) is 10.5. The maximum atomic E-state index is 13.4. The fourth-order valence-electron chi connectivity index (χ4n) is 8.69. The first-order valence-corrected chi connectivity index (χ1v) is 18.9. The van der Waals surface area contributed by atoms with Crippen LogP contribution in [0.3, 0.4) is 0 Å². The Morgan fingerprint density at radius 1 is 0.887 bits per heavy atom. The summed E-state index contributed by atoms with van der Waals surface area (Å²) in [4.78, 5) is 68.6. The molecule has 4 amide bonds. The molecule has 5 aliphatic heterocycles. The molecule has 0 bridgehead atoms. The number of piperidine rings is 4. The normalized spacial score (nSPS) is 21.9. The topological polar surface area (TPSA) is 157 Å². The molecule has 4 fully saturated rings. The van der Waals surface area contributed by atoms with E-state index in [0.29, 0.717) is 40.9 Å². The van der Waals surface area contributed by atoms with Gasteiger partial charge in [0.2, 0.25) is 5.91 Å². The van der Waals surface area contributed by atoms with Gasteiger partial charge in [-0.1, -0.05) is 12.6 Å². The second-order valence-electron chi connectivity index (χ2n) is 15.3. The molecule has 0 aliphatic carbocycles. The number of allylic oxidation sites excluding steroid dienone is 1. The van der Waals surface area contributed by atoms with Gasteiger partial charge in [-0.3, -0.25) is 29.0 Å². The average molecular weight is 718 g/mol. The van der Waals surface area contributed by atoms with Crippen molar-refractivity contribution in [2.45, 2.75) is 70.4 Å². The lowest BCUT2D eigenvalue weighted by Crippen LogP contribution is -2.51. The monoisotopic (exact) mass is 717 g/mol. The molecule has 0 saturated carbocycles. The van der Waals surface area contributed by atoms with Crippen molar-refractivity contribution in [3.63, 3.8) is 0 Å². The van der Waals surface area contributed by atoms with E-state index in [1.807, 2.05) is 24.3 Å². The van der Waals surface area contributed by atoms with Gasteiger partial charge in [0.15, 0.2) is 11.5 Å². The number of nitrogens with zero attached hydrogens (tertiary/aromatic N) is 6. The van der Waals surface area contributed by atoms with Crippen LogP contribution < -0.4 is 26.2 Å². The Kier molecular flexibility index (Phi) is 9.35. The Labute approximate surface area is 309 Å². The summed E-state index contributed by atoms with van der Waals surface area (Å²) in [5.41, 5.74) is 10.5. The fourth-order valence-corrected chi connectivity index (χ4v) is 8.69. The Hall–Kier alpha value is -5.30. The van der Waals surface area contributed by atoms with E-state index in [-0.39, 0.29) is 17.5 Å². The van der Waals surface area contributed by atoms with Gasteiger partial charge in [-0.05, 0) is 118 Å². The van der Waals surface area contributed by atoms with Crippen LogP contribution in [-0.2, 0) is 11.3 Å². The summed E-state index contributed by atoms with van der Waals surface area (Å²) in [5, 5.41) is 5.98. The van der Waals surface area contributed by atoms with Crippen LogP contribution in [-0.4, -0.2) is 88.7 Å². The van der Waals surface area contributed by atoms with E-state index >= 15 is 0 Å². The third-order valence-electron chi connectivity index (χ3n) is 11.9. The average Bonchev–Trinajstić information content (AvgIpc) is 3.41. The molecule has 13 nitrogen and oxygen atoms in total. The van der Waals surface area contributed by atoms with E-state index in [1.165, 1.54) is 12.1 Å². The van der Waals surface area contributed by atoms with E-state index in [4.69, 9.17) is 10.7 Å². The fraction of sp³-hybridized carbons (Fsp3) is 0.450. The second-order valence-corrected chi connectivity index (χ2v) is 15.3. The summed E-state index contributed by atoms with van der Waals surface area (Å²) >= 11 is 0. The third kappa shape index (κ3) is 6.97. The quantitative estimate of drug-likeness (QED) is 0.282. The SMILES string of the molecule is C=C1CCC(N2C(=O)c3ccc(CN4CCC5(CC4)CCN(c4ccc(Nc6nc(N7CCCCC7)cnc6C(N)=O)cc4)CC5)cc3C2=O)C(=O)N1. The molecule has 5 aliphatic rings. The zero-order valence-corrected chi connectivity index (χ0v) is 30.1. The molecule has 6 heterocycles. The molecule has 276 valence electrons. The van der Waals surface area contributed by atoms with Gasteiger partial charge < -0.3 is 26.2 Å².